The Labute approximate surface area is 91.9 Å². The second kappa shape index (κ2) is 5.45. The number of carboxylic acid groups (broad SMARTS) is 1. The van der Waals surface area contributed by atoms with Crippen LogP contribution >= 0.6 is 12.6 Å². The van der Waals surface area contributed by atoms with Crippen LogP contribution in [0.1, 0.15) is 17.0 Å². The van der Waals surface area contributed by atoms with Gasteiger partial charge in [-0.05, 0) is 12.1 Å². The third-order valence-electron chi connectivity index (χ3n) is 1.65. The van der Waals surface area contributed by atoms with Gasteiger partial charge in [-0.2, -0.15) is 12.6 Å². The Morgan fingerprint density at radius 1 is 1.60 bits per heavy atom. The Balaban J connectivity index is 2.31. The smallest absolute Gasteiger partial charge is 0.304 e. The number of hydrogen-bond acceptors (Lipinski definition) is 4. The summed E-state index contributed by atoms with van der Waals surface area (Å²) in [5.41, 5.74) is 0. The highest BCUT2D eigenvalue weighted by Crippen LogP contribution is 2.02. The number of carboxylic acids is 1. The number of rotatable bonds is 5. The van der Waals surface area contributed by atoms with Crippen LogP contribution in [0.5, 0.6) is 0 Å². The quantitative estimate of drug-likeness (QED) is 0.652. The van der Waals surface area contributed by atoms with E-state index in [9.17, 15) is 9.59 Å². The van der Waals surface area contributed by atoms with Crippen LogP contribution in [0.25, 0.3) is 0 Å². The monoisotopic (exact) mass is 229 g/mol. The van der Waals surface area contributed by atoms with Crippen molar-refractivity contribution in [2.75, 3.05) is 6.54 Å². The largest absolute Gasteiger partial charge is 0.481 e. The van der Waals surface area contributed by atoms with Crippen LogP contribution in [0.4, 0.5) is 0 Å². The summed E-state index contributed by atoms with van der Waals surface area (Å²) in [5, 5.41) is 10.6. The maximum absolute atomic E-state index is 11.3. The third kappa shape index (κ3) is 4.07. The molecule has 1 heterocycles. The summed E-state index contributed by atoms with van der Waals surface area (Å²) in [6, 6.07) is 3.13. The number of nitrogens with one attached hydrogen (secondary N) is 1. The van der Waals surface area contributed by atoms with Crippen LogP contribution < -0.4 is 5.32 Å². The van der Waals surface area contributed by atoms with E-state index in [-0.39, 0.29) is 24.6 Å². The Bertz CT molecular complexity index is 336. The molecule has 2 N–H and O–H groups in total. The molecule has 82 valence electrons. The predicted molar refractivity (Wildman–Crippen MR) is 56.1 cm³/mol. The summed E-state index contributed by atoms with van der Waals surface area (Å²) < 4.78 is 4.86. The lowest BCUT2D eigenvalue weighted by Gasteiger charge is -2.08. The van der Waals surface area contributed by atoms with Gasteiger partial charge in [0.15, 0.2) is 5.76 Å². The topological polar surface area (TPSA) is 79.5 Å². The molecule has 15 heavy (non-hydrogen) atoms. The van der Waals surface area contributed by atoms with E-state index in [4.69, 9.17) is 9.52 Å². The molecule has 5 nitrogen and oxygen atoms in total. The highest BCUT2D eigenvalue weighted by atomic mass is 32.1. The van der Waals surface area contributed by atoms with Crippen LogP contribution in [0.15, 0.2) is 22.8 Å². The van der Waals surface area contributed by atoms with E-state index in [1.165, 1.54) is 12.3 Å². The fourth-order valence-corrected chi connectivity index (χ4v) is 1.23. The van der Waals surface area contributed by atoms with E-state index >= 15 is 0 Å². The third-order valence-corrected chi connectivity index (χ3v) is 2.02. The number of carbonyl (C=O) groups is 2. The second-order valence-electron chi connectivity index (χ2n) is 2.94. The lowest BCUT2D eigenvalue weighted by molar-refractivity contribution is -0.136. The average molecular weight is 229 g/mol. The fourth-order valence-electron chi connectivity index (χ4n) is 0.979. The zero-order valence-corrected chi connectivity index (χ0v) is 8.74. The van der Waals surface area contributed by atoms with Gasteiger partial charge in [-0.25, -0.2) is 0 Å². The van der Waals surface area contributed by atoms with Crippen molar-refractivity contribution in [2.45, 2.75) is 11.7 Å². The molecule has 1 rings (SSSR count). The van der Waals surface area contributed by atoms with E-state index in [0.717, 1.165) is 0 Å². The molecular formula is C9H11NO4S. The van der Waals surface area contributed by atoms with Crippen molar-refractivity contribution in [3.05, 3.63) is 24.2 Å². The molecule has 1 unspecified atom stereocenters. The van der Waals surface area contributed by atoms with Gasteiger partial charge in [0.25, 0.3) is 5.91 Å². The first-order chi connectivity index (χ1) is 7.09. The minimum absolute atomic E-state index is 0.0957. The van der Waals surface area contributed by atoms with Gasteiger partial charge in [0.1, 0.15) is 0 Å². The van der Waals surface area contributed by atoms with E-state index in [2.05, 4.69) is 17.9 Å². The van der Waals surface area contributed by atoms with Crippen molar-refractivity contribution in [3.63, 3.8) is 0 Å². The van der Waals surface area contributed by atoms with Crippen LogP contribution in [0, 0.1) is 0 Å². The van der Waals surface area contributed by atoms with E-state index < -0.39 is 11.2 Å². The lowest BCUT2D eigenvalue weighted by atomic mass is 10.3. The van der Waals surface area contributed by atoms with Crippen molar-refractivity contribution in [3.8, 4) is 0 Å². The van der Waals surface area contributed by atoms with Crippen LogP contribution in [0.3, 0.4) is 0 Å². The highest BCUT2D eigenvalue weighted by molar-refractivity contribution is 7.81. The summed E-state index contributed by atoms with van der Waals surface area (Å²) in [4.78, 5) is 21.6. The van der Waals surface area contributed by atoms with Gasteiger partial charge in [0.05, 0.1) is 12.7 Å². The molecule has 0 bridgehead atoms. The van der Waals surface area contributed by atoms with Gasteiger partial charge >= 0.3 is 5.97 Å². The predicted octanol–water partition coefficient (Wildman–Crippen LogP) is 0.783. The molecule has 0 aliphatic carbocycles. The van der Waals surface area contributed by atoms with Crippen molar-refractivity contribution >= 4 is 24.5 Å². The first kappa shape index (κ1) is 11.6. The molecule has 0 aliphatic rings. The Morgan fingerprint density at radius 3 is 2.87 bits per heavy atom. The van der Waals surface area contributed by atoms with Crippen LogP contribution in [0.2, 0.25) is 0 Å². The molecule has 0 saturated heterocycles. The zero-order chi connectivity index (χ0) is 11.3. The van der Waals surface area contributed by atoms with E-state index in [1.54, 1.807) is 6.07 Å². The standard InChI is InChI=1S/C9H11NO4S/c11-8(12)4-6(15)5-10-9(13)7-2-1-3-14-7/h1-3,6,15H,4-5H2,(H,10,13)(H,11,12). The van der Waals surface area contributed by atoms with Crippen LogP contribution in [-0.2, 0) is 4.79 Å². The summed E-state index contributed by atoms with van der Waals surface area (Å²) in [7, 11) is 0. The van der Waals surface area contributed by atoms with Crippen molar-refractivity contribution in [1.29, 1.82) is 0 Å². The van der Waals surface area contributed by atoms with Crippen molar-refractivity contribution in [2.24, 2.45) is 0 Å². The molecule has 1 aromatic heterocycles. The SMILES string of the molecule is O=C(O)CC(S)CNC(=O)c1ccco1. The molecule has 0 fully saturated rings. The minimum Gasteiger partial charge on any atom is -0.481 e. The van der Waals surface area contributed by atoms with Gasteiger partial charge in [0.2, 0.25) is 0 Å². The first-order valence-corrected chi connectivity index (χ1v) is 4.83. The number of aliphatic carboxylic acids is 1. The summed E-state index contributed by atoms with van der Waals surface area (Å²) in [5.74, 6) is -1.11. The Kier molecular flexibility index (Phi) is 4.23. The maximum atomic E-state index is 11.3. The molecule has 0 spiro atoms. The van der Waals surface area contributed by atoms with Gasteiger partial charge < -0.3 is 14.8 Å². The van der Waals surface area contributed by atoms with Gasteiger partial charge in [0, 0.05) is 11.8 Å². The fraction of sp³-hybridized carbons (Fsp3) is 0.333. The average Bonchev–Trinajstić information content (AvgIpc) is 2.65. The molecule has 0 aliphatic heterocycles. The number of thiol groups is 1. The normalized spacial score (nSPS) is 12.1. The van der Waals surface area contributed by atoms with Crippen molar-refractivity contribution in [1.82, 2.24) is 5.32 Å². The van der Waals surface area contributed by atoms with Gasteiger partial charge in [-0.15, -0.1) is 0 Å². The summed E-state index contributed by atoms with van der Waals surface area (Å²) in [6.45, 7) is 0.189. The number of carbonyl (C=O) groups excluding carboxylic acids is 1. The van der Waals surface area contributed by atoms with Gasteiger partial charge in [-0.1, -0.05) is 0 Å². The molecule has 0 aromatic carbocycles. The number of furan rings is 1. The summed E-state index contributed by atoms with van der Waals surface area (Å²) in [6.07, 6.45) is 1.30. The summed E-state index contributed by atoms with van der Waals surface area (Å²) >= 11 is 4.02. The molecular weight excluding hydrogens is 218 g/mol. The molecule has 0 saturated carbocycles. The van der Waals surface area contributed by atoms with Gasteiger partial charge in [-0.3, -0.25) is 9.59 Å². The number of hydrogen-bond donors (Lipinski definition) is 3. The Hall–Kier alpha value is -1.43. The molecule has 1 amide bonds. The maximum Gasteiger partial charge on any atom is 0.304 e. The zero-order valence-electron chi connectivity index (χ0n) is 7.84. The van der Waals surface area contributed by atoms with Crippen molar-refractivity contribution < 1.29 is 19.1 Å². The lowest BCUT2D eigenvalue weighted by Crippen LogP contribution is -2.30. The van der Waals surface area contributed by atoms with E-state index in [0.29, 0.717) is 0 Å². The van der Waals surface area contributed by atoms with E-state index in [1.807, 2.05) is 0 Å². The second-order valence-corrected chi connectivity index (χ2v) is 3.67. The first-order valence-electron chi connectivity index (χ1n) is 4.31. The molecule has 0 radical (unpaired) electrons. The minimum atomic E-state index is -0.942. The molecule has 1 aromatic rings. The van der Waals surface area contributed by atoms with Crippen LogP contribution in [-0.4, -0.2) is 28.8 Å². The molecule has 1 atom stereocenters. The Morgan fingerprint density at radius 2 is 2.33 bits per heavy atom. The number of amides is 1. The molecule has 6 heteroatoms. The highest BCUT2D eigenvalue weighted by Gasteiger charge is 2.12.